The molecule has 4 aliphatic rings. The van der Waals surface area contributed by atoms with Crippen LogP contribution in [-0.2, 0) is 60.7 Å². The number of carboxylic acid groups (broad SMARTS) is 1. The van der Waals surface area contributed by atoms with Crippen LogP contribution >= 0.6 is 0 Å². The van der Waals surface area contributed by atoms with Gasteiger partial charge in [-0.25, -0.2) is 0 Å². The molecule has 2 aromatic rings. The lowest BCUT2D eigenvalue weighted by Crippen LogP contribution is -2.50. The number of hydrogen-bond acceptors (Lipinski definition) is 14. The Morgan fingerprint density at radius 3 is 1.27 bits per heavy atom. The molecule has 2 saturated carbocycles. The van der Waals surface area contributed by atoms with E-state index in [1.807, 2.05) is 50.2 Å². The average molecular weight is 1130 g/mol. The molecule has 2 aromatic carbocycles. The SMILES string of the molecule is CC[C@](C)(O)CC(=O)N[C@H](C)C(=O)C[C@@H](Cc1ccc(OC)cc1)C(=O)N[C@@H](CC1CCCC1)C(=O)[C@@]1(C)CO1.CC[C@](C)(O)CC(=O)O.COc1ccc(C[C@H](CC(=O)C(C)C)C(=O)N[C@@H](CC2CCCC2)C(=O)[C@@]2(C)CO2)cc1. The maximum atomic E-state index is 13.7. The van der Waals surface area contributed by atoms with Crippen molar-refractivity contribution in [3.63, 3.8) is 0 Å². The second-order valence-electron chi connectivity index (χ2n) is 24.4. The highest BCUT2D eigenvalue weighted by atomic mass is 16.6. The number of amides is 3. The number of aliphatic hydroxyl groups is 2. The Kier molecular flexibility index (Phi) is 26.2. The molecule has 9 atom stereocenters. The van der Waals surface area contributed by atoms with E-state index in [-0.39, 0.29) is 73.0 Å². The second-order valence-corrected chi connectivity index (χ2v) is 24.4. The Morgan fingerprint density at radius 2 is 0.963 bits per heavy atom. The lowest BCUT2D eigenvalue weighted by atomic mass is 9.88. The fourth-order valence-corrected chi connectivity index (χ4v) is 10.2. The highest BCUT2D eigenvalue weighted by Gasteiger charge is 2.52. The minimum absolute atomic E-state index is 0.0452. The molecule has 2 heterocycles. The largest absolute Gasteiger partial charge is 0.497 e. The van der Waals surface area contributed by atoms with Gasteiger partial charge in [-0.05, 0) is 120 Å². The van der Waals surface area contributed by atoms with E-state index < -0.39 is 64.2 Å². The normalized spacial score (nSPS) is 21.8. The third kappa shape index (κ3) is 23.0. The van der Waals surface area contributed by atoms with Crippen LogP contribution in [0.2, 0.25) is 0 Å². The van der Waals surface area contributed by atoms with Crippen molar-refractivity contribution in [1.29, 1.82) is 0 Å². The number of aliphatic carboxylic acids is 1. The van der Waals surface area contributed by atoms with Crippen molar-refractivity contribution in [2.75, 3.05) is 27.4 Å². The molecule has 81 heavy (non-hydrogen) atoms. The Hall–Kier alpha value is -5.56. The van der Waals surface area contributed by atoms with Gasteiger partial charge >= 0.3 is 5.97 Å². The molecule has 0 bridgehead atoms. The maximum Gasteiger partial charge on any atom is 0.306 e. The highest BCUT2D eigenvalue weighted by molar-refractivity contribution is 5.99. The van der Waals surface area contributed by atoms with Crippen molar-refractivity contribution in [2.24, 2.45) is 29.6 Å². The summed E-state index contributed by atoms with van der Waals surface area (Å²) < 4.78 is 21.3. The monoisotopic (exact) mass is 1130 g/mol. The van der Waals surface area contributed by atoms with E-state index in [0.29, 0.717) is 62.9 Å². The molecule has 2 saturated heterocycles. The third-order valence-electron chi connectivity index (χ3n) is 16.6. The molecule has 452 valence electrons. The van der Waals surface area contributed by atoms with Crippen LogP contribution in [0.25, 0.3) is 0 Å². The molecule has 2 aliphatic carbocycles. The fraction of sp³-hybridized carbons (Fsp3) is 0.683. The Balaban J connectivity index is 0.000000307. The van der Waals surface area contributed by atoms with E-state index >= 15 is 0 Å². The summed E-state index contributed by atoms with van der Waals surface area (Å²) in [5.74, 6) is -1.55. The molecule has 2 aliphatic heterocycles. The summed E-state index contributed by atoms with van der Waals surface area (Å²) in [6.07, 6.45) is 11.4. The van der Waals surface area contributed by atoms with Crippen molar-refractivity contribution in [3.05, 3.63) is 59.7 Å². The van der Waals surface area contributed by atoms with Gasteiger partial charge in [-0.2, -0.15) is 0 Å². The fourth-order valence-electron chi connectivity index (χ4n) is 10.2. The van der Waals surface area contributed by atoms with Gasteiger partial charge in [0.2, 0.25) is 17.7 Å². The zero-order valence-electron chi connectivity index (χ0n) is 50.1. The average Bonchev–Trinajstić information content (AvgIpc) is 4.38. The summed E-state index contributed by atoms with van der Waals surface area (Å²) in [7, 11) is 3.18. The quantitative estimate of drug-likeness (QED) is 0.0393. The number of carbonyl (C=O) groups is 8. The van der Waals surface area contributed by atoms with Gasteiger partial charge in [-0.1, -0.05) is 103 Å². The number of hydrogen-bond donors (Lipinski definition) is 6. The predicted octanol–water partition coefficient (Wildman–Crippen LogP) is 7.81. The second kappa shape index (κ2) is 31.2. The Bertz CT molecular complexity index is 2400. The number of carbonyl (C=O) groups excluding carboxylic acids is 7. The van der Waals surface area contributed by atoms with E-state index in [0.717, 1.165) is 55.4 Å². The third-order valence-corrected chi connectivity index (χ3v) is 16.6. The lowest BCUT2D eigenvalue weighted by Gasteiger charge is -2.26. The summed E-state index contributed by atoms with van der Waals surface area (Å²) in [5, 5.41) is 36.2. The number of epoxide rings is 2. The van der Waals surface area contributed by atoms with Crippen molar-refractivity contribution >= 4 is 46.8 Å². The van der Waals surface area contributed by atoms with Crippen LogP contribution in [-0.4, -0.2) is 130 Å². The number of benzene rings is 2. The van der Waals surface area contributed by atoms with Crippen molar-refractivity contribution in [3.8, 4) is 11.5 Å². The summed E-state index contributed by atoms with van der Waals surface area (Å²) in [6.45, 7) is 16.2. The molecule has 0 radical (unpaired) electrons. The van der Waals surface area contributed by atoms with Crippen LogP contribution < -0.4 is 25.4 Å². The van der Waals surface area contributed by atoms with E-state index in [1.54, 1.807) is 67.9 Å². The van der Waals surface area contributed by atoms with E-state index in [4.69, 9.17) is 29.2 Å². The van der Waals surface area contributed by atoms with Crippen LogP contribution in [0.5, 0.6) is 11.5 Å². The van der Waals surface area contributed by atoms with Gasteiger partial charge in [0.05, 0.1) is 69.6 Å². The molecule has 3 amide bonds. The Morgan fingerprint density at radius 1 is 0.605 bits per heavy atom. The molecule has 0 spiro atoms. The summed E-state index contributed by atoms with van der Waals surface area (Å²) >= 11 is 0. The summed E-state index contributed by atoms with van der Waals surface area (Å²) in [5.41, 5.74) is -2.04. The van der Waals surface area contributed by atoms with E-state index in [9.17, 15) is 43.5 Å². The first-order valence-electron chi connectivity index (χ1n) is 29.3. The molecule has 18 heteroatoms. The van der Waals surface area contributed by atoms with Gasteiger partial charge < -0.3 is 50.2 Å². The molecule has 18 nitrogen and oxygen atoms in total. The van der Waals surface area contributed by atoms with Gasteiger partial charge in [0.1, 0.15) is 28.5 Å². The Labute approximate surface area is 480 Å². The predicted molar refractivity (Wildman–Crippen MR) is 307 cm³/mol. The first kappa shape index (κ1) is 67.9. The zero-order chi connectivity index (χ0) is 60.3. The maximum absolute atomic E-state index is 13.7. The molecular weight excluding hydrogens is 1040 g/mol. The van der Waals surface area contributed by atoms with Gasteiger partial charge in [0.15, 0.2) is 17.3 Å². The molecule has 4 fully saturated rings. The van der Waals surface area contributed by atoms with Crippen molar-refractivity contribution in [2.45, 2.75) is 218 Å². The first-order valence-corrected chi connectivity index (χ1v) is 29.3. The van der Waals surface area contributed by atoms with Crippen LogP contribution in [0.15, 0.2) is 48.5 Å². The van der Waals surface area contributed by atoms with Crippen LogP contribution in [0.3, 0.4) is 0 Å². The molecule has 0 unspecified atom stereocenters. The zero-order valence-corrected chi connectivity index (χ0v) is 50.1. The van der Waals surface area contributed by atoms with Gasteiger partial charge in [0.25, 0.3) is 0 Å². The van der Waals surface area contributed by atoms with Gasteiger partial charge in [0, 0.05) is 30.6 Å². The van der Waals surface area contributed by atoms with Crippen LogP contribution in [0, 0.1) is 29.6 Å². The van der Waals surface area contributed by atoms with Crippen molar-refractivity contribution < 1.29 is 72.6 Å². The minimum atomic E-state index is -1.16. The van der Waals surface area contributed by atoms with Gasteiger partial charge in [-0.15, -0.1) is 0 Å². The van der Waals surface area contributed by atoms with Crippen LogP contribution in [0.4, 0.5) is 0 Å². The first-order chi connectivity index (χ1) is 38.0. The van der Waals surface area contributed by atoms with Gasteiger partial charge in [-0.3, -0.25) is 38.4 Å². The standard InChI is InChI=1S/C31H46N2O7.C26H37NO5.C6H12O3/c1-6-30(3,38)18-27(35)32-20(2)26(34)17-23(15-22-11-13-24(39-5)14-12-22)29(37)33-25(16-21-9-7-8-10-21)28(36)31(4)19-40-31;1-17(2)23(28)15-20(13-19-9-11-21(31-4)12-10-19)25(30)27-22(14-18-7-5-6-8-18)24(29)26(3)16-32-26;1-3-6(2,9)4-5(7)8/h11-14,20-21,23,25,38H,6-10,15-19H2,1-5H3,(H,32,35)(H,33,37);9-12,17-18,20,22H,5-8,13-16H2,1-4H3,(H,27,30);9H,3-4H2,1-2H3,(H,7,8)/t20-,23-,25+,30+,31-;20-,22+,26-;6-/m110/s1. The highest BCUT2D eigenvalue weighted by Crippen LogP contribution is 2.36. The molecule has 6 rings (SSSR count). The smallest absolute Gasteiger partial charge is 0.306 e. The lowest BCUT2D eigenvalue weighted by molar-refractivity contribution is -0.142. The minimum Gasteiger partial charge on any atom is -0.497 e. The number of nitrogens with one attached hydrogen (secondary N) is 3. The topological polar surface area (TPSA) is 277 Å². The van der Waals surface area contributed by atoms with Crippen molar-refractivity contribution in [1.82, 2.24) is 16.0 Å². The number of Topliss-reactive ketones (excluding diaryl/α,β-unsaturated/α-hetero) is 4. The number of methoxy groups -OCH3 is 2. The number of rotatable bonds is 31. The van der Waals surface area contributed by atoms with Crippen LogP contribution in [0.1, 0.15) is 176 Å². The number of ketones is 4. The molecule has 6 N–H and O–H groups in total. The molecule has 0 aromatic heterocycles. The summed E-state index contributed by atoms with van der Waals surface area (Å²) in [6, 6.07) is 12.8. The summed E-state index contributed by atoms with van der Waals surface area (Å²) in [4.78, 5) is 102. The van der Waals surface area contributed by atoms with E-state index in [2.05, 4.69) is 16.0 Å². The number of ether oxygens (including phenoxy) is 4. The molecular formula is C63H95N3O15. The van der Waals surface area contributed by atoms with E-state index in [1.165, 1.54) is 19.8 Å². The number of carboxylic acids is 1.